The number of hydrogen-bond acceptors (Lipinski definition) is 4. The van der Waals surface area contributed by atoms with Gasteiger partial charge in [-0.2, -0.15) is 0 Å². The van der Waals surface area contributed by atoms with Gasteiger partial charge in [0.2, 0.25) is 5.75 Å². The van der Waals surface area contributed by atoms with Crippen molar-refractivity contribution in [3.8, 4) is 17.2 Å². The van der Waals surface area contributed by atoms with Crippen LogP contribution in [0.5, 0.6) is 17.2 Å². The summed E-state index contributed by atoms with van der Waals surface area (Å²) in [6, 6.07) is 1.16. The average Bonchev–Trinajstić information content (AvgIpc) is 2.14. The topological polar surface area (TPSA) is 87.0 Å². The number of carboxylic acid groups (broad SMARTS) is 1. The van der Waals surface area contributed by atoms with Crippen molar-refractivity contribution in [2.24, 2.45) is 0 Å². The van der Waals surface area contributed by atoms with Gasteiger partial charge in [0, 0.05) is 5.56 Å². The van der Waals surface area contributed by atoms with Gasteiger partial charge < -0.3 is 20.1 Å². The molecule has 0 aliphatic heterocycles. The lowest BCUT2D eigenvalue weighted by molar-refractivity contribution is 0.0695. The molecule has 0 unspecified atom stereocenters. The molecule has 0 heterocycles. The van der Waals surface area contributed by atoms with E-state index < -0.39 is 17.5 Å². The quantitative estimate of drug-likeness (QED) is 0.619. The molecule has 0 bridgehead atoms. The van der Waals surface area contributed by atoms with Crippen molar-refractivity contribution in [2.45, 2.75) is 6.92 Å². The standard InChI is InChI=1S/C9H10O5/c1-4-5(9(12)13)3-6(14-2)8(11)7(4)10/h3,10-11H,1-2H3,(H,12,13). The van der Waals surface area contributed by atoms with Crippen molar-refractivity contribution >= 4 is 5.97 Å². The van der Waals surface area contributed by atoms with Crippen molar-refractivity contribution < 1.29 is 24.9 Å². The van der Waals surface area contributed by atoms with Crippen LogP contribution in [0.25, 0.3) is 0 Å². The molecule has 1 aromatic carbocycles. The molecular formula is C9H10O5. The highest BCUT2D eigenvalue weighted by Crippen LogP contribution is 2.39. The van der Waals surface area contributed by atoms with E-state index in [1.165, 1.54) is 14.0 Å². The summed E-state index contributed by atoms with van der Waals surface area (Å²) in [5.74, 6) is -2.17. The molecule has 0 aliphatic rings. The van der Waals surface area contributed by atoms with E-state index >= 15 is 0 Å². The summed E-state index contributed by atoms with van der Waals surface area (Å²) in [5.41, 5.74) is 0.00736. The summed E-state index contributed by atoms with van der Waals surface area (Å²) in [6.07, 6.45) is 0. The van der Waals surface area contributed by atoms with Gasteiger partial charge >= 0.3 is 5.97 Å². The Morgan fingerprint density at radius 2 is 1.93 bits per heavy atom. The number of aromatic carboxylic acids is 1. The number of benzene rings is 1. The summed E-state index contributed by atoms with van der Waals surface area (Å²) in [5, 5.41) is 27.4. The fraction of sp³-hybridized carbons (Fsp3) is 0.222. The molecule has 5 heteroatoms. The van der Waals surface area contributed by atoms with Gasteiger partial charge in [-0.15, -0.1) is 0 Å². The molecule has 0 fully saturated rings. The Kier molecular flexibility index (Phi) is 2.51. The number of phenolic OH excluding ortho intramolecular Hbond substituents is 2. The lowest BCUT2D eigenvalue weighted by atomic mass is 10.1. The second-order valence-electron chi connectivity index (χ2n) is 2.75. The largest absolute Gasteiger partial charge is 0.504 e. The Bertz CT molecular complexity index is 383. The number of methoxy groups -OCH3 is 1. The first kappa shape index (κ1) is 10.2. The third-order valence-corrected chi connectivity index (χ3v) is 1.94. The van der Waals surface area contributed by atoms with Crippen LogP contribution in [0, 0.1) is 6.92 Å². The van der Waals surface area contributed by atoms with Gasteiger partial charge in [-0.25, -0.2) is 4.79 Å². The molecule has 3 N–H and O–H groups in total. The van der Waals surface area contributed by atoms with Crippen molar-refractivity contribution in [3.63, 3.8) is 0 Å². The van der Waals surface area contributed by atoms with Crippen LogP contribution in [0.4, 0.5) is 0 Å². The first-order valence-corrected chi connectivity index (χ1v) is 3.81. The highest BCUT2D eigenvalue weighted by molar-refractivity contribution is 5.91. The van der Waals surface area contributed by atoms with Crippen LogP contribution < -0.4 is 4.74 Å². The maximum absolute atomic E-state index is 10.7. The Morgan fingerprint density at radius 1 is 1.36 bits per heavy atom. The average molecular weight is 198 g/mol. The van der Waals surface area contributed by atoms with Crippen molar-refractivity contribution in [3.05, 3.63) is 17.2 Å². The van der Waals surface area contributed by atoms with E-state index in [0.29, 0.717) is 0 Å². The van der Waals surface area contributed by atoms with Crippen molar-refractivity contribution in [1.82, 2.24) is 0 Å². The van der Waals surface area contributed by atoms with Gasteiger partial charge in [0.1, 0.15) is 0 Å². The van der Waals surface area contributed by atoms with Crippen LogP contribution in [0.1, 0.15) is 15.9 Å². The Hall–Kier alpha value is -1.91. The van der Waals surface area contributed by atoms with Crippen LogP contribution in [0.3, 0.4) is 0 Å². The zero-order valence-corrected chi connectivity index (χ0v) is 7.74. The van der Waals surface area contributed by atoms with Crippen molar-refractivity contribution in [1.29, 1.82) is 0 Å². The molecule has 0 saturated heterocycles. The van der Waals surface area contributed by atoms with Gasteiger partial charge in [0.15, 0.2) is 11.5 Å². The van der Waals surface area contributed by atoms with Gasteiger partial charge in [-0.3, -0.25) is 0 Å². The molecule has 0 aliphatic carbocycles. The highest BCUT2D eigenvalue weighted by Gasteiger charge is 2.18. The lowest BCUT2D eigenvalue weighted by Gasteiger charge is -2.09. The number of phenols is 2. The van der Waals surface area contributed by atoms with Crippen LogP contribution in [0.15, 0.2) is 6.07 Å². The van der Waals surface area contributed by atoms with Gasteiger partial charge in [-0.1, -0.05) is 0 Å². The monoisotopic (exact) mass is 198 g/mol. The second kappa shape index (κ2) is 3.45. The summed E-state index contributed by atoms with van der Waals surface area (Å²) in [6.45, 7) is 1.40. The van der Waals surface area contributed by atoms with E-state index in [9.17, 15) is 15.0 Å². The summed E-state index contributed by atoms with van der Waals surface area (Å²) in [4.78, 5) is 10.7. The third kappa shape index (κ3) is 1.44. The number of ether oxygens (including phenoxy) is 1. The molecule has 0 aromatic heterocycles. The fourth-order valence-corrected chi connectivity index (χ4v) is 1.11. The number of hydrogen-bond donors (Lipinski definition) is 3. The second-order valence-corrected chi connectivity index (χ2v) is 2.75. The lowest BCUT2D eigenvalue weighted by Crippen LogP contribution is -2.01. The van der Waals surface area contributed by atoms with Gasteiger partial charge in [0.25, 0.3) is 0 Å². The zero-order valence-electron chi connectivity index (χ0n) is 7.74. The molecule has 0 radical (unpaired) electrons. The summed E-state index contributed by atoms with van der Waals surface area (Å²) >= 11 is 0. The fourth-order valence-electron chi connectivity index (χ4n) is 1.11. The Morgan fingerprint density at radius 3 is 2.36 bits per heavy atom. The predicted octanol–water partition coefficient (Wildman–Crippen LogP) is 1.11. The summed E-state index contributed by atoms with van der Waals surface area (Å²) in [7, 11) is 1.27. The van der Waals surface area contributed by atoms with Crippen LogP contribution in [0.2, 0.25) is 0 Å². The minimum atomic E-state index is -1.18. The molecule has 5 nitrogen and oxygen atoms in total. The molecule has 14 heavy (non-hydrogen) atoms. The van der Waals surface area contributed by atoms with E-state index in [1.807, 2.05) is 0 Å². The SMILES string of the molecule is COc1cc(C(=O)O)c(C)c(O)c1O. The molecule has 0 atom stereocenters. The van der Waals surface area contributed by atoms with Crippen LogP contribution in [-0.4, -0.2) is 28.4 Å². The highest BCUT2D eigenvalue weighted by atomic mass is 16.5. The Balaban J connectivity index is 3.48. The molecular weight excluding hydrogens is 188 g/mol. The summed E-state index contributed by atoms with van der Waals surface area (Å²) < 4.78 is 4.70. The van der Waals surface area contributed by atoms with Crippen LogP contribution >= 0.6 is 0 Å². The minimum absolute atomic E-state index is 0.0644. The smallest absolute Gasteiger partial charge is 0.336 e. The third-order valence-electron chi connectivity index (χ3n) is 1.94. The number of rotatable bonds is 2. The van der Waals surface area contributed by atoms with E-state index in [0.717, 1.165) is 6.07 Å². The molecule has 1 aromatic rings. The maximum Gasteiger partial charge on any atom is 0.336 e. The minimum Gasteiger partial charge on any atom is -0.504 e. The molecule has 76 valence electrons. The van der Waals surface area contributed by atoms with E-state index in [4.69, 9.17) is 9.84 Å². The molecule has 0 amide bonds. The zero-order chi connectivity index (χ0) is 10.9. The maximum atomic E-state index is 10.7. The first-order chi connectivity index (χ1) is 6.49. The predicted molar refractivity (Wildman–Crippen MR) is 48.0 cm³/mol. The molecule has 1 rings (SSSR count). The number of aromatic hydroxyl groups is 2. The van der Waals surface area contributed by atoms with Gasteiger partial charge in [0.05, 0.1) is 12.7 Å². The van der Waals surface area contributed by atoms with Crippen molar-refractivity contribution in [2.75, 3.05) is 7.11 Å². The van der Waals surface area contributed by atoms with Gasteiger partial charge in [-0.05, 0) is 13.0 Å². The van der Waals surface area contributed by atoms with E-state index in [-0.39, 0.29) is 16.9 Å². The molecule has 0 spiro atoms. The van der Waals surface area contributed by atoms with Crippen LogP contribution in [-0.2, 0) is 0 Å². The van der Waals surface area contributed by atoms with E-state index in [2.05, 4.69) is 0 Å². The van der Waals surface area contributed by atoms with E-state index in [1.54, 1.807) is 0 Å². The Labute approximate surface area is 80.2 Å². The normalized spacial score (nSPS) is 9.86. The molecule has 0 saturated carbocycles. The number of carbonyl (C=O) groups is 1. The number of carboxylic acids is 1. The first-order valence-electron chi connectivity index (χ1n) is 3.81.